The quantitative estimate of drug-likeness (QED) is 0.295. The van der Waals surface area contributed by atoms with Crippen molar-refractivity contribution < 1.29 is 9.21 Å². The van der Waals surface area contributed by atoms with Crippen LogP contribution in [0.4, 0.5) is 5.69 Å². The lowest BCUT2D eigenvalue weighted by molar-refractivity contribution is 0.0997. The molecule has 0 saturated carbocycles. The van der Waals surface area contributed by atoms with Crippen LogP contribution in [0.1, 0.15) is 16.1 Å². The Labute approximate surface area is 196 Å². The zero-order valence-electron chi connectivity index (χ0n) is 16.8. The number of rotatable bonds is 4. The van der Waals surface area contributed by atoms with Crippen molar-refractivity contribution in [3.63, 3.8) is 0 Å². The first-order chi connectivity index (χ1) is 15.5. The fourth-order valence-corrected chi connectivity index (χ4v) is 3.70. The summed E-state index contributed by atoms with van der Waals surface area (Å²) >= 11 is 9.37. The molecule has 8 heteroatoms. The highest BCUT2D eigenvalue weighted by molar-refractivity contribution is 9.10. The molecule has 0 atom stereocenters. The topological polar surface area (TPSA) is 73.0 Å². The molecule has 5 rings (SSSR count). The highest BCUT2D eigenvalue weighted by Gasteiger charge is 2.15. The molecule has 0 aliphatic carbocycles. The van der Waals surface area contributed by atoms with Crippen LogP contribution in [0.2, 0.25) is 5.02 Å². The predicted octanol–water partition coefficient (Wildman–Crippen LogP) is 6.66. The summed E-state index contributed by atoms with van der Waals surface area (Å²) in [4.78, 5) is 14.3. The number of halogens is 2. The van der Waals surface area contributed by atoms with E-state index in [9.17, 15) is 4.79 Å². The number of aromatic nitrogens is 3. The average molecular weight is 508 g/mol. The number of amides is 1. The molecule has 5 aromatic rings. The maximum atomic E-state index is 12.8. The van der Waals surface area contributed by atoms with Gasteiger partial charge in [-0.1, -0.05) is 39.7 Å². The van der Waals surface area contributed by atoms with E-state index in [1.807, 2.05) is 49.4 Å². The fraction of sp³-hybridized carbons (Fsp3) is 0.0417. The van der Waals surface area contributed by atoms with Gasteiger partial charge in [-0.25, -0.2) is 0 Å². The molecular weight excluding hydrogens is 492 g/mol. The molecule has 0 saturated heterocycles. The van der Waals surface area contributed by atoms with Gasteiger partial charge in [0.25, 0.3) is 5.91 Å². The zero-order chi connectivity index (χ0) is 22.2. The molecule has 2 heterocycles. The summed E-state index contributed by atoms with van der Waals surface area (Å²) in [5.74, 6) is 0.522. The molecule has 1 amide bonds. The Morgan fingerprint density at radius 3 is 2.38 bits per heavy atom. The normalized spacial score (nSPS) is 11.1. The van der Waals surface area contributed by atoms with Crippen LogP contribution >= 0.6 is 27.5 Å². The van der Waals surface area contributed by atoms with E-state index in [0.717, 1.165) is 26.8 Å². The molecule has 32 heavy (non-hydrogen) atoms. The Bertz CT molecular complexity index is 1440. The number of hydrogen-bond acceptors (Lipinski definition) is 4. The van der Waals surface area contributed by atoms with Crippen LogP contribution < -0.4 is 5.32 Å². The van der Waals surface area contributed by atoms with Crippen LogP contribution in [-0.4, -0.2) is 20.9 Å². The standard InChI is InChI=1S/C24H16BrClN4O2/c1-14-12-20-21(29-30(28-20)18-8-6-17(26)7-9-18)13-19(14)27-24(31)23-11-10-22(32-23)15-2-4-16(25)5-3-15/h2-13H,1H3,(H,27,31). The number of hydrogen-bond donors (Lipinski definition) is 1. The second-order valence-corrected chi connectivity index (χ2v) is 8.60. The number of nitrogens with zero attached hydrogens (tertiary/aromatic N) is 3. The van der Waals surface area contributed by atoms with Crippen LogP contribution in [-0.2, 0) is 0 Å². The van der Waals surface area contributed by atoms with Crippen molar-refractivity contribution in [3.05, 3.63) is 93.6 Å². The number of fused-ring (bicyclic) bond motifs is 1. The van der Waals surface area contributed by atoms with Gasteiger partial charge in [-0.05, 0) is 73.2 Å². The number of carbonyl (C=O) groups is 1. The zero-order valence-corrected chi connectivity index (χ0v) is 19.2. The first-order valence-corrected chi connectivity index (χ1v) is 10.9. The van der Waals surface area contributed by atoms with Crippen LogP contribution in [0.3, 0.4) is 0 Å². The molecular formula is C24H16BrClN4O2. The van der Waals surface area contributed by atoms with E-state index in [0.29, 0.717) is 22.0 Å². The van der Waals surface area contributed by atoms with Crippen LogP contribution in [0, 0.1) is 6.92 Å². The highest BCUT2D eigenvalue weighted by atomic mass is 79.9. The van der Waals surface area contributed by atoms with E-state index in [2.05, 4.69) is 31.4 Å². The van der Waals surface area contributed by atoms with Gasteiger partial charge in [-0.2, -0.15) is 4.80 Å². The summed E-state index contributed by atoms with van der Waals surface area (Å²) in [5.41, 5.74) is 4.59. The maximum absolute atomic E-state index is 12.8. The van der Waals surface area contributed by atoms with Gasteiger partial charge in [0.05, 0.1) is 5.69 Å². The van der Waals surface area contributed by atoms with E-state index < -0.39 is 0 Å². The fourth-order valence-electron chi connectivity index (χ4n) is 3.31. The summed E-state index contributed by atoms with van der Waals surface area (Å²) in [5, 5.41) is 12.6. The maximum Gasteiger partial charge on any atom is 0.291 e. The minimum absolute atomic E-state index is 0.229. The summed E-state index contributed by atoms with van der Waals surface area (Å²) in [6, 6.07) is 22.1. The third-order valence-corrected chi connectivity index (χ3v) is 5.77. The SMILES string of the molecule is Cc1cc2nn(-c3ccc(Cl)cc3)nc2cc1NC(=O)c1ccc(-c2ccc(Br)cc2)o1. The van der Waals surface area contributed by atoms with Crippen molar-refractivity contribution in [1.29, 1.82) is 0 Å². The molecule has 6 nitrogen and oxygen atoms in total. The monoisotopic (exact) mass is 506 g/mol. The minimum atomic E-state index is -0.332. The molecule has 2 aromatic heterocycles. The van der Waals surface area contributed by atoms with Gasteiger partial charge in [0.15, 0.2) is 5.76 Å². The number of furan rings is 1. The van der Waals surface area contributed by atoms with Crippen molar-refractivity contribution in [1.82, 2.24) is 15.0 Å². The lowest BCUT2D eigenvalue weighted by atomic mass is 10.1. The van der Waals surface area contributed by atoms with Crippen molar-refractivity contribution in [3.8, 4) is 17.0 Å². The van der Waals surface area contributed by atoms with Crippen molar-refractivity contribution in [2.75, 3.05) is 5.32 Å². The van der Waals surface area contributed by atoms with Crippen LogP contribution in [0.5, 0.6) is 0 Å². The summed E-state index contributed by atoms with van der Waals surface area (Å²) in [6.45, 7) is 1.91. The first kappa shape index (κ1) is 20.5. The lowest BCUT2D eigenvalue weighted by Gasteiger charge is -2.06. The van der Waals surface area contributed by atoms with E-state index in [1.165, 1.54) is 0 Å². The van der Waals surface area contributed by atoms with E-state index in [1.54, 1.807) is 35.1 Å². The van der Waals surface area contributed by atoms with Gasteiger partial charge < -0.3 is 9.73 Å². The number of benzene rings is 3. The third kappa shape index (κ3) is 4.04. The van der Waals surface area contributed by atoms with Gasteiger partial charge >= 0.3 is 0 Å². The molecule has 158 valence electrons. The molecule has 3 aromatic carbocycles. The third-order valence-electron chi connectivity index (χ3n) is 4.99. The van der Waals surface area contributed by atoms with Gasteiger partial charge in [-0.15, -0.1) is 10.2 Å². The van der Waals surface area contributed by atoms with E-state index in [4.69, 9.17) is 16.0 Å². The summed E-state index contributed by atoms with van der Waals surface area (Å²) in [6.07, 6.45) is 0. The van der Waals surface area contributed by atoms with Gasteiger partial charge in [0.1, 0.15) is 16.8 Å². The molecule has 0 aliphatic heterocycles. The molecule has 0 bridgehead atoms. The molecule has 0 radical (unpaired) electrons. The molecule has 0 unspecified atom stereocenters. The van der Waals surface area contributed by atoms with Crippen molar-refractivity contribution in [2.24, 2.45) is 0 Å². The van der Waals surface area contributed by atoms with Gasteiger partial charge in [-0.3, -0.25) is 4.79 Å². The minimum Gasteiger partial charge on any atom is -0.451 e. The Kier molecular flexibility index (Phi) is 5.28. The van der Waals surface area contributed by atoms with E-state index in [-0.39, 0.29) is 11.7 Å². The lowest BCUT2D eigenvalue weighted by Crippen LogP contribution is -2.11. The number of aryl methyl sites for hydroxylation is 1. The number of anilines is 1. The highest BCUT2D eigenvalue weighted by Crippen LogP contribution is 2.26. The average Bonchev–Trinajstić information content (AvgIpc) is 3.42. The molecule has 1 N–H and O–H groups in total. The van der Waals surface area contributed by atoms with Crippen molar-refractivity contribution >= 4 is 50.2 Å². The van der Waals surface area contributed by atoms with Crippen LogP contribution in [0.15, 0.2) is 81.7 Å². The largest absolute Gasteiger partial charge is 0.451 e. The predicted molar refractivity (Wildman–Crippen MR) is 128 cm³/mol. The molecule has 0 spiro atoms. The smallest absolute Gasteiger partial charge is 0.291 e. The second kappa shape index (κ2) is 8.26. The Balaban J connectivity index is 1.40. The molecule has 0 aliphatic rings. The van der Waals surface area contributed by atoms with Gasteiger partial charge in [0, 0.05) is 20.7 Å². The number of carbonyl (C=O) groups excluding carboxylic acids is 1. The van der Waals surface area contributed by atoms with Crippen molar-refractivity contribution in [2.45, 2.75) is 6.92 Å². The first-order valence-electron chi connectivity index (χ1n) is 9.77. The Morgan fingerprint density at radius 1 is 0.969 bits per heavy atom. The number of nitrogens with one attached hydrogen (secondary N) is 1. The summed E-state index contributed by atoms with van der Waals surface area (Å²) < 4.78 is 6.75. The summed E-state index contributed by atoms with van der Waals surface area (Å²) in [7, 11) is 0. The molecule has 0 fully saturated rings. The van der Waals surface area contributed by atoms with Gasteiger partial charge in [0.2, 0.25) is 0 Å². The Hall–Kier alpha value is -3.42. The Morgan fingerprint density at radius 2 is 1.66 bits per heavy atom. The second-order valence-electron chi connectivity index (χ2n) is 7.25. The van der Waals surface area contributed by atoms with Crippen LogP contribution in [0.25, 0.3) is 28.0 Å². The van der Waals surface area contributed by atoms with E-state index >= 15 is 0 Å².